The summed E-state index contributed by atoms with van der Waals surface area (Å²) < 4.78 is 47.0. The summed E-state index contributed by atoms with van der Waals surface area (Å²) >= 11 is 0. The number of likely N-dealkylation sites (N-methyl/N-ethyl adjacent to an activating group) is 1. The molecule has 1 amide bonds. The van der Waals surface area contributed by atoms with Crippen LogP contribution in [0.25, 0.3) is 0 Å². The molecular weight excluding hydrogens is 326 g/mol. The zero-order chi connectivity index (χ0) is 17.5. The third-order valence-electron chi connectivity index (χ3n) is 3.20. The highest BCUT2D eigenvalue weighted by Crippen LogP contribution is 2.08. The van der Waals surface area contributed by atoms with Gasteiger partial charge in [-0.3, -0.25) is 9.69 Å². The first kappa shape index (κ1) is 19.5. The molecule has 1 N–H and O–H groups in total. The molecule has 0 aliphatic heterocycles. The minimum atomic E-state index is -3.11. The average Bonchev–Trinajstić information content (AvgIpc) is 2.44. The number of halogens is 2. The van der Waals surface area contributed by atoms with Crippen LogP contribution in [-0.4, -0.2) is 58.1 Å². The van der Waals surface area contributed by atoms with Gasteiger partial charge in [0.05, 0.1) is 12.3 Å². The molecule has 0 saturated heterocycles. The predicted octanol–water partition coefficient (Wildman–Crippen LogP) is 1.55. The fraction of sp³-hybridized carbons (Fsp3) is 0.533. The number of nitrogens with one attached hydrogen (secondary N) is 1. The van der Waals surface area contributed by atoms with Crippen molar-refractivity contribution in [2.75, 3.05) is 32.4 Å². The van der Waals surface area contributed by atoms with Gasteiger partial charge in [-0.1, -0.05) is 19.1 Å². The van der Waals surface area contributed by atoms with Gasteiger partial charge in [0.25, 0.3) is 12.3 Å². The second-order valence-corrected chi connectivity index (χ2v) is 7.45. The van der Waals surface area contributed by atoms with Gasteiger partial charge in [-0.2, -0.15) is 0 Å². The number of hydrogen-bond donors (Lipinski definition) is 1. The first-order valence-electron chi connectivity index (χ1n) is 7.26. The summed E-state index contributed by atoms with van der Waals surface area (Å²) in [5.74, 6) is -0.391. The maximum absolute atomic E-state index is 12.3. The Bertz CT molecular complexity index is 604. The lowest BCUT2D eigenvalue weighted by Gasteiger charge is -2.19. The van der Waals surface area contributed by atoms with Gasteiger partial charge in [0.2, 0.25) is 0 Å². The molecule has 0 aliphatic carbocycles. The minimum Gasteiger partial charge on any atom is -0.351 e. The Hall–Kier alpha value is -1.54. The lowest BCUT2D eigenvalue weighted by atomic mass is 10.1. The molecule has 0 radical (unpaired) electrons. The molecule has 130 valence electrons. The predicted molar refractivity (Wildman–Crippen MR) is 85.4 cm³/mol. The van der Waals surface area contributed by atoms with Gasteiger partial charge in [0.1, 0.15) is 0 Å². The molecule has 1 aromatic rings. The molecule has 5 nitrogen and oxygen atoms in total. The Balaban J connectivity index is 2.49. The van der Waals surface area contributed by atoms with Crippen LogP contribution in [0.15, 0.2) is 24.3 Å². The summed E-state index contributed by atoms with van der Waals surface area (Å²) in [5.41, 5.74) is 1.01. The van der Waals surface area contributed by atoms with Gasteiger partial charge in [0, 0.05) is 24.9 Å². The van der Waals surface area contributed by atoms with Crippen LogP contribution in [0.5, 0.6) is 0 Å². The Morgan fingerprint density at radius 1 is 1.26 bits per heavy atom. The Labute approximate surface area is 135 Å². The quantitative estimate of drug-likeness (QED) is 0.735. The van der Waals surface area contributed by atoms with Gasteiger partial charge in [-0.15, -0.1) is 0 Å². The molecule has 23 heavy (non-hydrogen) atoms. The third kappa shape index (κ3) is 8.03. The van der Waals surface area contributed by atoms with E-state index in [-0.39, 0.29) is 24.7 Å². The first-order valence-corrected chi connectivity index (χ1v) is 9.32. The summed E-state index contributed by atoms with van der Waals surface area (Å²) in [6.07, 6.45) is -1.25. The molecule has 0 heterocycles. The van der Waals surface area contributed by atoms with Gasteiger partial charge in [-0.25, -0.2) is 17.2 Å². The van der Waals surface area contributed by atoms with E-state index < -0.39 is 16.3 Å². The highest BCUT2D eigenvalue weighted by Gasteiger charge is 2.11. The first-order chi connectivity index (χ1) is 10.7. The number of sulfone groups is 1. The maximum atomic E-state index is 12.3. The summed E-state index contributed by atoms with van der Waals surface area (Å²) in [6.45, 7) is 2.57. The van der Waals surface area contributed by atoms with E-state index >= 15 is 0 Å². The van der Waals surface area contributed by atoms with Crippen LogP contribution in [-0.2, 0) is 15.6 Å². The van der Waals surface area contributed by atoms with Crippen LogP contribution >= 0.6 is 0 Å². The molecule has 0 unspecified atom stereocenters. The van der Waals surface area contributed by atoms with Crippen molar-refractivity contribution in [3.8, 4) is 0 Å². The molecule has 0 spiro atoms. The maximum Gasteiger partial charge on any atom is 0.251 e. The second kappa shape index (κ2) is 8.93. The number of carbonyl (C=O) groups excluding carboxylic acids is 1. The number of carbonyl (C=O) groups is 1. The van der Waals surface area contributed by atoms with E-state index in [2.05, 4.69) is 5.32 Å². The van der Waals surface area contributed by atoms with Crippen molar-refractivity contribution >= 4 is 15.7 Å². The molecule has 1 aromatic carbocycles. The minimum absolute atomic E-state index is 0.0754. The van der Waals surface area contributed by atoms with Crippen molar-refractivity contribution in [3.63, 3.8) is 0 Å². The molecule has 0 fully saturated rings. The molecule has 0 aromatic heterocycles. The fourth-order valence-corrected chi connectivity index (χ4v) is 2.86. The number of nitrogens with zero attached hydrogens (tertiary/aromatic N) is 1. The van der Waals surface area contributed by atoms with E-state index in [0.717, 1.165) is 6.26 Å². The van der Waals surface area contributed by atoms with E-state index in [0.29, 0.717) is 24.2 Å². The summed E-state index contributed by atoms with van der Waals surface area (Å²) in [5, 5.41) is 2.66. The largest absolute Gasteiger partial charge is 0.351 e. The van der Waals surface area contributed by atoms with Crippen molar-refractivity contribution in [2.45, 2.75) is 19.1 Å². The monoisotopic (exact) mass is 348 g/mol. The van der Waals surface area contributed by atoms with Crippen LogP contribution in [0.1, 0.15) is 22.8 Å². The zero-order valence-corrected chi connectivity index (χ0v) is 14.1. The molecule has 0 saturated carbocycles. The zero-order valence-electron chi connectivity index (χ0n) is 13.3. The lowest BCUT2D eigenvalue weighted by Crippen LogP contribution is -2.37. The van der Waals surface area contributed by atoms with E-state index in [1.165, 1.54) is 0 Å². The summed E-state index contributed by atoms with van der Waals surface area (Å²) in [7, 11) is -3.11. The van der Waals surface area contributed by atoms with Gasteiger partial charge >= 0.3 is 0 Å². The lowest BCUT2D eigenvalue weighted by molar-refractivity contribution is 0.0873. The average molecular weight is 348 g/mol. The SMILES string of the molecule is CCN(CCNC(=O)c1ccc(CS(C)(=O)=O)cc1)CC(F)F. The van der Waals surface area contributed by atoms with E-state index in [1.54, 1.807) is 36.1 Å². The summed E-state index contributed by atoms with van der Waals surface area (Å²) in [4.78, 5) is 13.5. The number of benzene rings is 1. The smallest absolute Gasteiger partial charge is 0.251 e. The number of alkyl halides is 2. The van der Waals surface area contributed by atoms with Crippen molar-refractivity contribution in [1.29, 1.82) is 0 Å². The summed E-state index contributed by atoms with van der Waals surface area (Å²) in [6, 6.07) is 6.27. The van der Waals surface area contributed by atoms with Crippen molar-refractivity contribution in [2.24, 2.45) is 0 Å². The highest BCUT2D eigenvalue weighted by molar-refractivity contribution is 7.89. The van der Waals surface area contributed by atoms with E-state index in [1.807, 2.05) is 0 Å². The van der Waals surface area contributed by atoms with Crippen molar-refractivity contribution < 1.29 is 22.0 Å². The van der Waals surface area contributed by atoms with Crippen LogP contribution < -0.4 is 5.32 Å². The van der Waals surface area contributed by atoms with Crippen LogP contribution in [0.4, 0.5) is 8.78 Å². The number of hydrogen-bond acceptors (Lipinski definition) is 4. The fourth-order valence-electron chi connectivity index (χ4n) is 2.06. The topological polar surface area (TPSA) is 66.5 Å². The molecular formula is C15H22F2N2O3S. The van der Waals surface area contributed by atoms with Crippen LogP contribution in [0.3, 0.4) is 0 Å². The normalized spacial score (nSPS) is 11.9. The van der Waals surface area contributed by atoms with E-state index in [4.69, 9.17) is 0 Å². The molecule has 8 heteroatoms. The standard InChI is InChI=1S/C15H22F2N2O3S/c1-3-19(10-14(16)17)9-8-18-15(20)13-6-4-12(5-7-13)11-23(2,21)22/h4-7,14H,3,8-11H2,1-2H3,(H,18,20). The highest BCUT2D eigenvalue weighted by atomic mass is 32.2. The second-order valence-electron chi connectivity index (χ2n) is 5.31. The third-order valence-corrected chi connectivity index (χ3v) is 4.06. The Kier molecular flexibility index (Phi) is 7.57. The number of rotatable bonds is 9. The Morgan fingerprint density at radius 2 is 1.87 bits per heavy atom. The van der Waals surface area contributed by atoms with Crippen molar-refractivity contribution in [1.82, 2.24) is 10.2 Å². The van der Waals surface area contributed by atoms with Crippen molar-refractivity contribution in [3.05, 3.63) is 35.4 Å². The number of amides is 1. The van der Waals surface area contributed by atoms with Gasteiger partial charge in [-0.05, 0) is 24.2 Å². The molecule has 0 atom stereocenters. The van der Waals surface area contributed by atoms with E-state index in [9.17, 15) is 22.0 Å². The molecule has 0 aliphatic rings. The van der Waals surface area contributed by atoms with Crippen LogP contribution in [0.2, 0.25) is 0 Å². The van der Waals surface area contributed by atoms with Gasteiger partial charge < -0.3 is 5.32 Å². The molecule has 1 rings (SSSR count). The Morgan fingerprint density at radius 3 is 2.35 bits per heavy atom. The van der Waals surface area contributed by atoms with Crippen LogP contribution in [0, 0.1) is 0 Å². The van der Waals surface area contributed by atoms with Gasteiger partial charge in [0.15, 0.2) is 9.84 Å². The molecule has 0 bridgehead atoms.